The summed E-state index contributed by atoms with van der Waals surface area (Å²) in [4.78, 5) is 26.0. The van der Waals surface area contributed by atoms with Crippen LogP contribution in [0.25, 0.3) is 22.0 Å². The second-order valence-corrected chi connectivity index (χ2v) is 8.00. The van der Waals surface area contributed by atoms with Gasteiger partial charge in [0.05, 0.1) is 16.9 Å². The van der Waals surface area contributed by atoms with E-state index in [1.807, 2.05) is 36.5 Å². The number of carbonyl (C=O) groups is 1. The quantitative estimate of drug-likeness (QED) is 0.406. The first-order valence-corrected chi connectivity index (χ1v) is 10.2. The van der Waals surface area contributed by atoms with E-state index in [4.69, 9.17) is 4.74 Å². The van der Waals surface area contributed by atoms with Crippen molar-refractivity contribution in [3.63, 3.8) is 0 Å². The average Bonchev–Trinajstić information content (AvgIpc) is 3.39. The fraction of sp³-hybridized carbons (Fsp3) is 0.348. The Bertz CT molecular complexity index is 1100. The molecule has 2 N–H and O–H groups in total. The monoisotopic (exact) mass is 408 g/mol. The van der Waals surface area contributed by atoms with Crippen LogP contribution in [0.4, 0.5) is 5.69 Å². The lowest BCUT2D eigenvalue weighted by Crippen LogP contribution is -2.15. The minimum atomic E-state index is -0.931. The second-order valence-electron chi connectivity index (χ2n) is 8.00. The van der Waals surface area contributed by atoms with Crippen LogP contribution < -0.4 is 4.74 Å². The highest BCUT2D eigenvalue weighted by Crippen LogP contribution is 2.42. The van der Waals surface area contributed by atoms with Crippen molar-refractivity contribution in [2.45, 2.75) is 45.1 Å². The molecular weight excluding hydrogens is 384 g/mol. The summed E-state index contributed by atoms with van der Waals surface area (Å²) in [5.41, 5.74) is 2.91. The molecule has 0 spiro atoms. The molecule has 0 bridgehead atoms. The molecule has 156 valence electrons. The van der Waals surface area contributed by atoms with Crippen molar-refractivity contribution in [3.05, 3.63) is 58.3 Å². The van der Waals surface area contributed by atoms with E-state index < -0.39 is 16.8 Å². The summed E-state index contributed by atoms with van der Waals surface area (Å²) in [6, 6.07) is 11.1. The maximum absolute atomic E-state index is 11.9. The number of hydrogen-bond donors (Lipinski definition) is 2. The number of nitrogens with zero attached hydrogens (tertiary/aromatic N) is 1. The van der Waals surface area contributed by atoms with E-state index in [1.165, 1.54) is 6.07 Å². The Balaban J connectivity index is 1.86. The standard InChI is InChI=1S/C23H24N2O5/c1-14(23(26)27)10-15-11-19(16-6-7-20-17(13-16)8-9-24-20)22(21(12-15)25(28)29)30-18-4-2-3-5-18/h6-9,11-14,18,24H,2-5,10H2,1H3,(H,26,27). The molecule has 3 aromatic rings. The zero-order valence-electron chi connectivity index (χ0n) is 16.8. The lowest BCUT2D eigenvalue weighted by molar-refractivity contribution is -0.386. The Hall–Kier alpha value is -3.35. The molecule has 4 rings (SSSR count). The molecule has 1 aliphatic carbocycles. The topological polar surface area (TPSA) is 105 Å². The van der Waals surface area contributed by atoms with Gasteiger partial charge in [0.1, 0.15) is 0 Å². The maximum atomic E-state index is 11.9. The Labute approximate surface area is 173 Å². The Morgan fingerprint density at radius 3 is 2.73 bits per heavy atom. The first kappa shape index (κ1) is 19.9. The number of nitro groups is 1. The SMILES string of the molecule is CC(Cc1cc(-c2ccc3[nH]ccc3c2)c(OC2CCCC2)c([N+](=O)[O-])c1)C(=O)O. The van der Waals surface area contributed by atoms with E-state index in [2.05, 4.69) is 4.98 Å². The van der Waals surface area contributed by atoms with E-state index in [0.717, 1.165) is 42.1 Å². The highest BCUT2D eigenvalue weighted by atomic mass is 16.6. The van der Waals surface area contributed by atoms with Gasteiger partial charge in [0.15, 0.2) is 0 Å². The van der Waals surface area contributed by atoms with Crippen LogP contribution >= 0.6 is 0 Å². The van der Waals surface area contributed by atoms with Gasteiger partial charge >= 0.3 is 11.7 Å². The lowest BCUT2D eigenvalue weighted by atomic mass is 9.94. The zero-order valence-corrected chi connectivity index (χ0v) is 16.8. The van der Waals surface area contributed by atoms with Crippen molar-refractivity contribution < 1.29 is 19.6 Å². The van der Waals surface area contributed by atoms with Crippen LogP contribution in [-0.2, 0) is 11.2 Å². The molecule has 7 nitrogen and oxygen atoms in total. The number of rotatable bonds is 7. The fourth-order valence-corrected chi connectivity index (χ4v) is 4.10. The summed E-state index contributed by atoms with van der Waals surface area (Å²) < 4.78 is 6.19. The molecule has 0 amide bonds. The summed E-state index contributed by atoms with van der Waals surface area (Å²) in [7, 11) is 0. The Morgan fingerprint density at radius 2 is 2.03 bits per heavy atom. The van der Waals surface area contributed by atoms with E-state index in [-0.39, 0.29) is 24.0 Å². The molecule has 0 saturated heterocycles. The van der Waals surface area contributed by atoms with Gasteiger partial charge in [-0.25, -0.2) is 0 Å². The van der Waals surface area contributed by atoms with Gasteiger partial charge in [-0.3, -0.25) is 14.9 Å². The van der Waals surface area contributed by atoms with Crippen molar-refractivity contribution in [2.24, 2.45) is 5.92 Å². The Kier molecular flexibility index (Phi) is 5.44. The van der Waals surface area contributed by atoms with Crippen LogP contribution in [0.15, 0.2) is 42.6 Å². The number of ether oxygens (including phenoxy) is 1. The highest BCUT2D eigenvalue weighted by Gasteiger charge is 2.27. The van der Waals surface area contributed by atoms with Crippen molar-refractivity contribution in [2.75, 3.05) is 0 Å². The number of hydrogen-bond acceptors (Lipinski definition) is 4. The molecular formula is C23H24N2O5. The summed E-state index contributed by atoms with van der Waals surface area (Å²) in [5, 5.41) is 22.2. The van der Waals surface area contributed by atoms with E-state index in [0.29, 0.717) is 11.1 Å². The summed E-state index contributed by atoms with van der Waals surface area (Å²) in [6.07, 6.45) is 5.88. The summed E-state index contributed by atoms with van der Waals surface area (Å²) >= 11 is 0. The molecule has 1 saturated carbocycles. The number of nitrogens with one attached hydrogen (secondary N) is 1. The maximum Gasteiger partial charge on any atom is 0.311 e. The number of fused-ring (bicyclic) bond motifs is 1. The first-order valence-electron chi connectivity index (χ1n) is 10.2. The van der Waals surface area contributed by atoms with Crippen LogP contribution in [0.3, 0.4) is 0 Å². The van der Waals surface area contributed by atoms with Gasteiger partial charge in [-0.15, -0.1) is 0 Å². The zero-order chi connectivity index (χ0) is 21.3. The third-order valence-corrected chi connectivity index (χ3v) is 5.74. The van der Waals surface area contributed by atoms with E-state index in [1.54, 1.807) is 6.92 Å². The average molecular weight is 408 g/mol. The van der Waals surface area contributed by atoms with Crippen LogP contribution in [0.1, 0.15) is 38.2 Å². The van der Waals surface area contributed by atoms with Crippen molar-refractivity contribution in [3.8, 4) is 16.9 Å². The molecule has 7 heteroatoms. The number of aliphatic carboxylic acids is 1. The molecule has 1 aliphatic rings. The third-order valence-electron chi connectivity index (χ3n) is 5.74. The minimum absolute atomic E-state index is 0.0396. The number of aromatic amines is 1. The minimum Gasteiger partial charge on any atom is -0.483 e. The van der Waals surface area contributed by atoms with Crippen molar-refractivity contribution >= 4 is 22.6 Å². The number of nitro benzene ring substituents is 1. The van der Waals surface area contributed by atoms with Gasteiger partial charge in [-0.1, -0.05) is 13.0 Å². The highest BCUT2D eigenvalue weighted by molar-refractivity contribution is 5.87. The number of benzene rings is 2. The van der Waals surface area contributed by atoms with Crippen molar-refractivity contribution in [1.82, 2.24) is 4.98 Å². The van der Waals surface area contributed by atoms with Gasteiger partial charge in [0.25, 0.3) is 0 Å². The normalized spacial score (nSPS) is 15.4. The molecule has 1 fully saturated rings. The van der Waals surface area contributed by atoms with Crippen molar-refractivity contribution in [1.29, 1.82) is 0 Å². The molecule has 1 unspecified atom stereocenters. The predicted octanol–water partition coefficient (Wildman–Crippen LogP) is 5.33. The number of carboxylic acids is 1. The smallest absolute Gasteiger partial charge is 0.311 e. The number of carboxylic acid groups (broad SMARTS) is 1. The van der Waals surface area contributed by atoms with Crippen LogP contribution in [0.5, 0.6) is 5.75 Å². The predicted molar refractivity (Wildman–Crippen MR) is 114 cm³/mol. The van der Waals surface area contributed by atoms with Crippen LogP contribution in [0, 0.1) is 16.0 Å². The van der Waals surface area contributed by atoms with Crippen LogP contribution in [0.2, 0.25) is 0 Å². The van der Waals surface area contributed by atoms with Gasteiger partial charge < -0.3 is 14.8 Å². The number of H-pyrrole nitrogens is 1. The fourth-order valence-electron chi connectivity index (χ4n) is 4.10. The summed E-state index contributed by atoms with van der Waals surface area (Å²) in [6.45, 7) is 1.60. The van der Waals surface area contributed by atoms with E-state index >= 15 is 0 Å². The molecule has 0 radical (unpaired) electrons. The van der Waals surface area contributed by atoms with Gasteiger partial charge in [-0.2, -0.15) is 0 Å². The Morgan fingerprint density at radius 1 is 1.27 bits per heavy atom. The second kappa shape index (κ2) is 8.18. The number of aromatic nitrogens is 1. The van der Waals surface area contributed by atoms with Gasteiger partial charge in [0, 0.05) is 23.3 Å². The lowest BCUT2D eigenvalue weighted by Gasteiger charge is -2.18. The van der Waals surface area contributed by atoms with Gasteiger partial charge in [0.2, 0.25) is 5.75 Å². The molecule has 1 aromatic heterocycles. The molecule has 0 aliphatic heterocycles. The molecule has 1 heterocycles. The summed E-state index contributed by atoms with van der Waals surface area (Å²) in [5.74, 6) is -1.31. The third kappa shape index (κ3) is 4.01. The molecule has 2 aromatic carbocycles. The van der Waals surface area contributed by atoms with Gasteiger partial charge in [-0.05, 0) is 72.9 Å². The molecule has 30 heavy (non-hydrogen) atoms. The molecule has 1 atom stereocenters. The largest absolute Gasteiger partial charge is 0.483 e. The van der Waals surface area contributed by atoms with E-state index in [9.17, 15) is 20.0 Å². The van der Waals surface area contributed by atoms with Crippen LogP contribution in [-0.4, -0.2) is 27.1 Å². The first-order chi connectivity index (χ1) is 14.4.